The minimum atomic E-state index is -0.939. The van der Waals surface area contributed by atoms with Gasteiger partial charge in [-0.25, -0.2) is 13.6 Å². The van der Waals surface area contributed by atoms with Crippen LogP contribution in [-0.2, 0) is 4.74 Å². The van der Waals surface area contributed by atoms with Crippen molar-refractivity contribution in [3.05, 3.63) is 58.6 Å². The SMILES string of the molecule is COC(=O)c1ccc(-c2ccc(F)c(F)c2)cc1Cl. The first kappa shape index (κ1) is 13.5. The number of esters is 1. The molecule has 0 amide bonds. The number of hydrogen-bond donors (Lipinski definition) is 0. The van der Waals surface area contributed by atoms with E-state index in [-0.39, 0.29) is 10.6 Å². The van der Waals surface area contributed by atoms with Gasteiger partial charge >= 0.3 is 5.97 Å². The van der Waals surface area contributed by atoms with Gasteiger partial charge in [-0.2, -0.15) is 0 Å². The maximum Gasteiger partial charge on any atom is 0.339 e. The van der Waals surface area contributed by atoms with E-state index in [9.17, 15) is 13.6 Å². The Kier molecular flexibility index (Phi) is 3.81. The fourth-order valence-corrected chi connectivity index (χ4v) is 1.90. The maximum absolute atomic E-state index is 13.1. The summed E-state index contributed by atoms with van der Waals surface area (Å²) in [5.41, 5.74) is 1.27. The van der Waals surface area contributed by atoms with Crippen LogP contribution < -0.4 is 0 Å². The quantitative estimate of drug-likeness (QED) is 0.776. The Morgan fingerprint density at radius 3 is 2.26 bits per heavy atom. The second kappa shape index (κ2) is 5.36. The summed E-state index contributed by atoms with van der Waals surface area (Å²) in [6, 6.07) is 8.10. The Balaban J connectivity index is 2.44. The molecular formula is C14H9ClF2O2. The van der Waals surface area contributed by atoms with E-state index in [4.69, 9.17) is 11.6 Å². The number of halogens is 3. The fraction of sp³-hybridized carbons (Fsp3) is 0.0714. The highest BCUT2D eigenvalue weighted by Gasteiger charge is 2.12. The van der Waals surface area contributed by atoms with E-state index in [2.05, 4.69) is 4.74 Å². The second-order valence-corrected chi connectivity index (χ2v) is 4.22. The van der Waals surface area contributed by atoms with Crippen molar-refractivity contribution < 1.29 is 18.3 Å². The van der Waals surface area contributed by atoms with Crippen molar-refractivity contribution in [3.63, 3.8) is 0 Å². The Morgan fingerprint density at radius 1 is 1.05 bits per heavy atom. The Hall–Kier alpha value is -1.94. The molecule has 0 unspecified atom stereocenters. The largest absolute Gasteiger partial charge is 0.465 e. The van der Waals surface area contributed by atoms with Gasteiger partial charge in [0.2, 0.25) is 0 Å². The van der Waals surface area contributed by atoms with Crippen molar-refractivity contribution in [2.45, 2.75) is 0 Å². The molecule has 0 saturated heterocycles. The topological polar surface area (TPSA) is 26.3 Å². The number of carbonyl (C=O) groups excluding carboxylic acids is 1. The van der Waals surface area contributed by atoms with E-state index >= 15 is 0 Å². The van der Waals surface area contributed by atoms with E-state index in [0.29, 0.717) is 11.1 Å². The van der Waals surface area contributed by atoms with Crippen LogP contribution in [0.4, 0.5) is 8.78 Å². The molecule has 19 heavy (non-hydrogen) atoms. The van der Waals surface area contributed by atoms with Crippen LogP contribution in [0.1, 0.15) is 10.4 Å². The van der Waals surface area contributed by atoms with Crippen LogP contribution in [0.2, 0.25) is 5.02 Å². The van der Waals surface area contributed by atoms with Gasteiger partial charge in [0.25, 0.3) is 0 Å². The third-order valence-corrected chi connectivity index (χ3v) is 2.94. The highest BCUT2D eigenvalue weighted by molar-refractivity contribution is 6.33. The molecule has 2 nitrogen and oxygen atoms in total. The van der Waals surface area contributed by atoms with Crippen molar-refractivity contribution in [1.82, 2.24) is 0 Å². The molecule has 98 valence electrons. The third kappa shape index (κ3) is 2.74. The minimum absolute atomic E-state index is 0.189. The Morgan fingerprint density at radius 2 is 1.68 bits per heavy atom. The van der Waals surface area contributed by atoms with Crippen LogP contribution in [-0.4, -0.2) is 13.1 Å². The van der Waals surface area contributed by atoms with Gasteiger partial charge in [-0.05, 0) is 35.4 Å². The second-order valence-electron chi connectivity index (χ2n) is 3.82. The van der Waals surface area contributed by atoms with Crippen LogP contribution >= 0.6 is 11.6 Å². The summed E-state index contributed by atoms with van der Waals surface area (Å²) in [6.07, 6.45) is 0. The van der Waals surface area contributed by atoms with E-state index in [0.717, 1.165) is 12.1 Å². The summed E-state index contributed by atoms with van der Waals surface area (Å²) >= 11 is 5.96. The van der Waals surface area contributed by atoms with E-state index in [1.54, 1.807) is 6.07 Å². The molecule has 0 spiro atoms. The molecule has 0 heterocycles. The number of rotatable bonds is 2. The molecule has 5 heteroatoms. The zero-order valence-electron chi connectivity index (χ0n) is 9.91. The molecule has 0 aromatic heterocycles. The van der Waals surface area contributed by atoms with Gasteiger partial charge in [-0.15, -0.1) is 0 Å². The van der Waals surface area contributed by atoms with Gasteiger partial charge in [-0.1, -0.05) is 23.7 Å². The molecule has 0 N–H and O–H groups in total. The van der Waals surface area contributed by atoms with E-state index < -0.39 is 17.6 Å². The van der Waals surface area contributed by atoms with Crippen molar-refractivity contribution >= 4 is 17.6 Å². The van der Waals surface area contributed by atoms with Crippen LogP contribution in [0.15, 0.2) is 36.4 Å². The zero-order chi connectivity index (χ0) is 14.0. The van der Waals surface area contributed by atoms with Crippen LogP contribution in [0, 0.1) is 11.6 Å². The van der Waals surface area contributed by atoms with Crippen molar-refractivity contribution in [3.8, 4) is 11.1 Å². The normalized spacial score (nSPS) is 10.3. The number of ether oxygens (including phenoxy) is 1. The van der Waals surface area contributed by atoms with Gasteiger partial charge in [0.05, 0.1) is 17.7 Å². The van der Waals surface area contributed by atoms with Gasteiger partial charge in [0.15, 0.2) is 11.6 Å². The molecule has 0 atom stereocenters. The van der Waals surface area contributed by atoms with Gasteiger partial charge < -0.3 is 4.74 Å². The average Bonchev–Trinajstić information content (AvgIpc) is 2.41. The van der Waals surface area contributed by atoms with Crippen LogP contribution in [0.5, 0.6) is 0 Å². The van der Waals surface area contributed by atoms with Crippen molar-refractivity contribution in [2.75, 3.05) is 7.11 Å². The minimum Gasteiger partial charge on any atom is -0.465 e. The smallest absolute Gasteiger partial charge is 0.339 e. The molecule has 0 aliphatic heterocycles. The maximum atomic E-state index is 13.1. The molecule has 0 bridgehead atoms. The number of benzene rings is 2. The predicted molar refractivity (Wildman–Crippen MR) is 68.1 cm³/mol. The standard InChI is InChI=1S/C14H9ClF2O2/c1-19-14(18)10-4-2-8(6-11(10)15)9-3-5-12(16)13(17)7-9/h2-7H,1H3. The average molecular weight is 283 g/mol. The lowest BCUT2D eigenvalue weighted by Gasteiger charge is -2.06. The summed E-state index contributed by atoms with van der Waals surface area (Å²) in [4.78, 5) is 11.4. The molecule has 2 aromatic rings. The van der Waals surface area contributed by atoms with E-state index in [1.807, 2.05) is 0 Å². The van der Waals surface area contributed by atoms with Gasteiger partial charge in [-0.3, -0.25) is 0 Å². The van der Waals surface area contributed by atoms with Crippen molar-refractivity contribution in [1.29, 1.82) is 0 Å². The molecule has 2 rings (SSSR count). The first-order valence-corrected chi connectivity index (χ1v) is 5.74. The lowest BCUT2D eigenvalue weighted by atomic mass is 10.0. The van der Waals surface area contributed by atoms with Gasteiger partial charge in [0.1, 0.15) is 0 Å². The van der Waals surface area contributed by atoms with E-state index in [1.165, 1.54) is 25.3 Å². The van der Waals surface area contributed by atoms with Crippen LogP contribution in [0.3, 0.4) is 0 Å². The molecule has 2 aromatic carbocycles. The molecular weight excluding hydrogens is 274 g/mol. The summed E-state index contributed by atoms with van der Waals surface area (Å²) in [5, 5.41) is 0.189. The third-order valence-electron chi connectivity index (χ3n) is 2.63. The Labute approximate surface area is 113 Å². The molecule has 0 radical (unpaired) electrons. The monoisotopic (exact) mass is 282 g/mol. The Bertz CT molecular complexity index is 641. The molecule has 0 aliphatic rings. The highest BCUT2D eigenvalue weighted by atomic mass is 35.5. The summed E-state index contributed by atoms with van der Waals surface area (Å²) < 4.78 is 30.6. The predicted octanol–water partition coefficient (Wildman–Crippen LogP) is 4.07. The summed E-state index contributed by atoms with van der Waals surface area (Å²) in [6.45, 7) is 0. The first-order valence-electron chi connectivity index (χ1n) is 5.36. The summed E-state index contributed by atoms with van der Waals surface area (Å²) in [5.74, 6) is -2.41. The number of methoxy groups -OCH3 is 1. The fourth-order valence-electron chi connectivity index (χ4n) is 1.65. The van der Waals surface area contributed by atoms with Crippen LogP contribution in [0.25, 0.3) is 11.1 Å². The number of hydrogen-bond acceptors (Lipinski definition) is 2. The molecule has 0 fully saturated rings. The first-order chi connectivity index (χ1) is 9.02. The molecule has 0 aliphatic carbocycles. The summed E-state index contributed by atoms with van der Waals surface area (Å²) in [7, 11) is 1.25. The van der Waals surface area contributed by atoms with Crippen molar-refractivity contribution in [2.24, 2.45) is 0 Å². The lowest BCUT2D eigenvalue weighted by Crippen LogP contribution is -2.01. The lowest BCUT2D eigenvalue weighted by molar-refractivity contribution is 0.0601. The molecule has 0 saturated carbocycles. The highest BCUT2D eigenvalue weighted by Crippen LogP contribution is 2.27. The zero-order valence-corrected chi connectivity index (χ0v) is 10.7. The van der Waals surface area contributed by atoms with Gasteiger partial charge in [0, 0.05) is 0 Å². The number of carbonyl (C=O) groups is 1.